The number of halogens is 1. The first kappa shape index (κ1) is 17.2. The average Bonchev–Trinajstić information content (AvgIpc) is 3.01. The molecule has 0 aromatic carbocycles. The topological polar surface area (TPSA) is 82.2 Å². The molecule has 0 bridgehead atoms. The lowest BCUT2D eigenvalue weighted by Crippen LogP contribution is -2.55. The van der Waals surface area contributed by atoms with Gasteiger partial charge in [-0.3, -0.25) is 14.7 Å². The van der Waals surface area contributed by atoms with Crippen molar-refractivity contribution >= 4 is 23.4 Å². The SMILES string of the molecule is CCN1CC2(CCCN(C(=O)CCc3nc(Cl)n[nH]3)C2)CCC1=O. The van der Waals surface area contributed by atoms with Gasteiger partial charge in [-0.15, -0.1) is 5.10 Å². The molecular weight excluding hydrogens is 330 g/mol. The highest BCUT2D eigenvalue weighted by molar-refractivity contribution is 6.28. The Hall–Kier alpha value is -1.63. The summed E-state index contributed by atoms with van der Waals surface area (Å²) in [5.41, 5.74) is 0.0768. The Bertz CT molecular complexity index is 619. The Balaban J connectivity index is 1.58. The first-order valence-electron chi connectivity index (χ1n) is 8.64. The maximum Gasteiger partial charge on any atom is 0.242 e. The van der Waals surface area contributed by atoms with E-state index in [0.717, 1.165) is 45.4 Å². The van der Waals surface area contributed by atoms with Crippen molar-refractivity contribution in [1.82, 2.24) is 25.0 Å². The first-order chi connectivity index (χ1) is 11.5. The van der Waals surface area contributed by atoms with Crippen molar-refractivity contribution in [1.29, 1.82) is 0 Å². The summed E-state index contributed by atoms with van der Waals surface area (Å²) in [5, 5.41) is 6.68. The van der Waals surface area contributed by atoms with Gasteiger partial charge in [0.2, 0.25) is 17.1 Å². The number of likely N-dealkylation sites (tertiary alicyclic amines) is 2. The summed E-state index contributed by atoms with van der Waals surface area (Å²) in [4.78, 5) is 32.4. The molecule has 2 aliphatic rings. The van der Waals surface area contributed by atoms with Crippen molar-refractivity contribution < 1.29 is 9.59 Å². The third kappa shape index (κ3) is 3.71. The van der Waals surface area contributed by atoms with E-state index in [1.54, 1.807) is 0 Å². The molecule has 7 nitrogen and oxygen atoms in total. The van der Waals surface area contributed by atoms with Crippen LogP contribution in [0.15, 0.2) is 0 Å². The van der Waals surface area contributed by atoms with E-state index in [1.807, 2.05) is 16.7 Å². The number of carbonyl (C=O) groups is 2. The Labute approximate surface area is 146 Å². The van der Waals surface area contributed by atoms with E-state index in [0.29, 0.717) is 25.1 Å². The second-order valence-electron chi connectivity index (χ2n) is 6.88. The predicted octanol–water partition coefficient (Wildman–Crippen LogP) is 1.64. The van der Waals surface area contributed by atoms with Crippen LogP contribution in [0.2, 0.25) is 5.28 Å². The van der Waals surface area contributed by atoms with Gasteiger partial charge in [0.25, 0.3) is 0 Å². The zero-order valence-electron chi connectivity index (χ0n) is 14.1. The molecule has 0 radical (unpaired) electrons. The van der Waals surface area contributed by atoms with Gasteiger partial charge in [-0.2, -0.15) is 0 Å². The molecule has 3 rings (SSSR count). The summed E-state index contributed by atoms with van der Waals surface area (Å²) in [5.74, 6) is 1.02. The molecule has 0 aliphatic carbocycles. The zero-order valence-corrected chi connectivity index (χ0v) is 14.8. The summed E-state index contributed by atoms with van der Waals surface area (Å²) in [6.07, 6.45) is 4.51. The predicted molar refractivity (Wildman–Crippen MR) is 89.4 cm³/mol. The smallest absolute Gasteiger partial charge is 0.242 e. The molecule has 1 N–H and O–H groups in total. The number of hydrogen-bond acceptors (Lipinski definition) is 4. The number of nitrogens with one attached hydrogen (secondary N) is 1. The molecule has 8 heteroatoms. The van der Waals surface area contributed by atoms with Crippen molar-refractivity contribution in [2.75, 3.05) is 26.2 Å². The number of aromatic nitrogens is 3. The minimum Gasteiger partial charge on any atom is -0.342 e. The van der Waals surface area contributed by atoms with E-state index in [-0.39, 0.29) is 22.5 Å². The van der Waals surface area contributed by atoms with Crippen LogP contribution in [0, 0.1) is 5.41 Å². The molecule has 24 heavy (non-hydrogen) atoms. The number of amides is 2. The Morgan fingerprint density at radius 3 is 2.92 bits per heavy atom. The molecule has 1 aromatic rings. The number of carbonyl (C=O) groups excluding carboxylic acids is 2. The van der Waals surface area contributed by atoms with Crippen LogP contribution >= 0.6 is 11.6 Å². The fraction of sp³-hybridized carbons (Fsp3) is 0.750. The molecule has 3 heterocycles. The highest BCUT2D eigenvalue weighted by Gasteiger charge is 2.42. The van der Waals surface area contributed by atoms with Crippen molar-refractivity contribution in [2.45, 2.75) is 45.4 Å². The lowest BCUT2D eigenvalue weighted by Gasteiger charge is -2.48. The van der Waals surface area contributed by atoms with Gasteiger partial charge in [-0.1, -0.05) is 0 Å². The van der Waals surface area contributed by atoms with Crippen LogP contribution in [0.3, 0.4) is 0 Å². The number of aryl methyl sites for hydroxylation is 1. The lowest BCUT2D eigenvalue weighted by molar-refractivity contribution is -0.142. The molecule has 132 valence electrons. The fourth-order valence-corrected chi connectivity index (χ4v) is 4.06. The summed E-state index contributed by atoms with van der Waals surface area (Å²) < 4.78 is 0. The lowest BCUT2D eigenvalue weighted by atomic mass is 9.73. The minimum absolute atomic E-state index is 0.0768. The molecule has 1 spiro atoms. The van der Waals surface area contributed by atoms with Crippen LogP contribution in [-0.2, 0) is 16.0 Å². The molecule has 2 aliphatic heterocycles. The molecular formula is C16H24ClN5O2. The highest BCUT2D eigenvalue weighted by Crippen LogP contribution is 2.38. The third-order valence-corrected chi connectivity index (χ3v) is 5.39. The van der Waals surface area contributed by atoms with Gasteiger partial charge in [0.15, 0.2) is 0 Å². The van der Waals surface area contributed by atoms with Gasteiger partial charge in [0.05, 0.1) is 0 Å². The van der Waals surface area contributed by atoms with Gasteiger partial charge in [-0.05, 0) is 37.8 Å². The van der Waals surface area contributed by atoms with Crippen LogP contribution in [-0.4, -0.2) is 63.0 Å². The van der Waals surface area contributed by atoms with Crippen molar-refractivity contribution in [2.24, 2.45) is 5.41 Å². The minimum atomic E-state index is 0.0768. The molecule has 2 saturated heterocycles. The highest BCUT2D eigenvalue weighted by atomic mass is 35.5. The fourth-order valence-electron chi connectivity index (χ4n) is 3.91. The van der Waals surface area contributed by atoms with E-state index >= 15 is 0 Å². The number of piperidine rings is 2. The standard InChI is InChI=1S/C16H24ClN5O2/c1-2-21-10-16(8-6-14(21)24)7-3-9-22(11-16)13(23)5-4-12-18-15(17)20-19-12/h2-11H2,1H3,(H,18,19,20). The molecule has 1 aromatic heterocycles. The van der Waals surface area contributed by atoms with Crippen molar-refractivity contribution in [3.63, 3.8) is 0 Å². The van der Waals surface area contributed by atoms with Crippen molar-refractivity contribution in [3.8, 4) is 0 Å². The maximum atomic E-state index is 12.6. The van der Waals surface area contributed by atoms with Crippen molar-refractivity contribution in [3.05, 3.63) is 11.1 Å². The van der Waals surface area contributed by atoms with E-state index in [4.69, 9.17) is 11.6 Å². The van der Waals surface area contributed by atoms with Crippen LogP contribution in [0.1, 0.15) is 44.9 Å². The molecule has 2 fully saturated rings. The van der Waals surface area contributed by atoms with E-state index in [2.05, 4.69) is 15.2 Å². The average molecular weight is 354 g/mol. The van der Waals surface area contributed by atoms with Gasteiger partial charge in [-0.25, -0.2) is 4.98 Å². The molecule has 0 saturated carbocycles. The molecule has 1 unspecified atom stereocenters. The summed E-state index contributed by atoms with van der Waals surface area (Å²) >= 11 is 5.68. The second-order valence-corrected chi connectivity index (χ2v) is 7.22. The third-order valence-electron chi connectivity index (χ3n) is 5.22. The number of rotatable bonds is 4. The largest absolute Gasteiger partial charge is 0.342 e. The summed E-state index contributed by atoms with van der Waals surface area (Å²) in [6.45, 7) is 5.11. The van der Waals surface area contributed by atoms with E-state index < -0.39 is 0 Å². The van der Waals surface area contributed by atoms with Crippen LogP contribution in [0.25, 0.3) is 0 Å². The van der Waals surface area contributed by atoms with Gasteiger partial charge in [0.1, 0.15) is 5.82 Å². The Kier molecular flexibility index (Phi) is 5.08. The van der Waals surface area contributed by atoms with E-state index in [9.17, 15) is 9.59 Å². The summed E-state index contributed by atoms with van der Waals surface area (Å²) in [6, 6.07) is 0. The van der Waals surface area contributed by atoms with Gasteiger partial charge < -0.3 is 9.80 Å². The maximum absolute atomic E-state index is 12.6. The molecule has 2 amide bonds. The Morgan fingerprint density at radius 2 is 2.21 bits per heavy atom. The monoisotopic (exact) mass is 353 g/mol. The molecule has 1 atom stereocenters. The van der Waals surface area contributed by atoms with Crippen LogP contribution < -0.4 is 0 Å². The second kappa shape index (κ2) is 7.09. The number of nitrogens with zero attached hydrogens (tertiary/aromatic N) is 4. The normalized spacial score (nSPS) is 24.7. The number of aromatic amines is 1. The van der Waals surface area contributed by atoms with Gasteiger partial charge >= 0.3 is 0 Å². The number of hydrogen-bond donors (Lipinski definition) is 1. The van der Waals surface area contributed by atoms with Gasteiger partial charge in [0, 0.05) is 50.9 Å². The first-order valence-corrected chi connectivity index (χ1v) is 9.01. The quantitative estimate of drug-likeness (QED) is 0.892. The zero-order chi connectivity index (χ0) is 17.2. The van der Waals surface area contributed by atoms with Crippen LogP contribution in [0.4, 0.5) is 0 Å². The number of H-pyrrole nitrogens is 1. The van der Waals surface area contributed by atoms with E-state index in [1.165, 1.54) is 0 Å². The van der Waals surface area contributed by atoms with Crippen LogP contribution in [0.5, 0.6) is 0 Å². The summed E-state index contributed by atoms with van der Waals surface area (Å²) in [7, 11) is 0. The Morgan fingerprint density at radius 1 is 1.38 bits per heavy atom.